The fourth-order valence-electron chi connectivity index (χ4n) is 2.18. The fraction of sp³-hybridized carbons (Fsp3) is 0.800. The Kier molecular flexibility index (Phi) is 5.75. The van der Waals surface area contributed by atoms with E-state index in [1.165, 1.54) is 0 Å². The first kappa shape index (κ1) is 17.5. The van der Waals surface area contributed by atoms with Gasteiger partial charge in [0, 0.05) is 37.5 Å². The van der Waals surface area contributed by atoms with Gasteiger partial charge in [0.1, 0.15) is 0 Å². The lowest BCUT2D eigenvalue weighted by Crippen LogP contribution is -2.41. The van der Waals surface area contributed by atoms with E-state index in [-0.39, 0.29) is 36.1 Å². The highest BCUT2D eigenvalue weighted by molar-refractivity contribution is 5.89. The molecule has 0 saturated carbocycles. The van der Waals surface area contributed by atoms with Crippen molar-refractivity contribution in [2.45, 2.75) is 47.1 Å². The molecule has 1 heterocycles. The minimum atomic E-state index is -0.431. The molecule has 0 radical (unpaired) electrons. The lowest BCUT2D eigenvalue weighted by Gasteiger charge is -2.21. The zero-order valence-corrected chi connectivity index (χ0v) is 13.7. The summed E-state index contributed by atoms with van der Waals surface area (Å²) in [5.41, 5.74) is -0.431. The number of amides is 3. The Morgan fingerprint density at radius 1 is 1.24 bits per heavy atom. The lowest BCUT2D eigenvalue weighted by atomic mass is 9.96. The van der Waals surface area contributed by atoms with Crippen LogP contribution in [0.5, 0.6) is 0 Å². The first-order chi connectivity index (χ1) is 9.62. The Morgan fingerprint density at radius 2 is 1.81 bits per heavy atom. The summed E-state index contributed by atoms with van der Waals surface area (Å²) in [6, 6.07) is 0.126. The van der Waals surface area contributed by atoms with Crippen molar-refractivity contribution in [3.8, 4) is 0 Å². The van der Waals surface area contributed by atoms with Crippen molar-refractivity contribution in [1.82, 2.24) is 15.5 Å². The molecule has 21 heavy (non-hydrogen) atoms. The largest absolute Gasteiger partial charge is 0.354 e. The zero-order chi connectivity index (χ0) is 16.2. The van der Waals surface area contributed by atoms with Crippen LogP contribution in [0.1, 0.15) is 41.0 Å². The summed E-state index contributed by atoms with van der Waals surface area (Å²) in [6.45, 7) is 10.7. The van der Waals surface area contributed by atoms with E-state index in [1.54, 1.807) is 4.90 Å². The van der Waals surface area contributed by atoms with Crippen molar-refractivity contribution in [1.29, 1.82) is 0 Å². The van der Waals surface area contributed by atoms with Gasteiger partial charge in [-0.25, -0.2) is 0 Å². The van der Waals surface area contributed by atoms with E-state index >= 15 is 0 Å². The van der Waals surface area contributed by atoms with Crippen molar-refractivity contribution in [2.75, 3.05) is 19.6 Å². The van der Waals surface area contributed by atoms with Gasteiger partial charge < -0.3 is 15.5 Å². The number of hydrogen-bond acceptors (Lipinski definition) is 3. The molecule has 1 fully saturated rings. The molecule has 1 saturated heterocycles. The van der Waals surface area contributed by atoms with Gasteiger partial charge in [-0.1, -0.05) is 20.8 Å². The topological polar surface area (TPSA) is 78.5 Å². The van der Waals surface area contributed by atoms with Gasteiger partial charge in [0.15, 0.2) is 0 Å². The summed E-state index contributed by atoms with van der Waals surface area (Å²) in [5, 5.41) is 5.55. The van der Waals surface area contributed by atoms with Crippen LogP contribution in [0.4, 0.5) is 0 Å². The third kappa shape index (κ3) is 5.02. The summed E-state index contributed by atoms with van der Waals surface area (Å²) in [4.78, 5) is 37.1. The van der Waals surface area contributed by atoms with Gasteiger partial charge in [-0.15, -0.1) is 0 Å². The maximum atomic E-state index is 12.0. The quantitative estimate of drug-likeness (QED) is 0.726. The Hall–Kier alpha value is -1.59. The molecule has 0 bridgehead atoms. The summed E-state index contributed by atoms with van der Waals surface area (Å²) in [7, 11) is 0. The highest BCUT2D eigenvalue weighted by Crippen LogP contribution is 2.20. The molecule has 6 nitrogen and oxygen atoms in total. The zero-order valence-electron chi connectivity index (χ0n) is 13.7. The molecule has 1 atom stereocenters. The molecule has 1 aliphatic rings. The second-order valence-corrected chi connectivity index (χ2v) is 6.84. The standard InChI is InChI=1S/C15H27N3O3/c1-10(2)18-9-11(8-12(18)19)13(20)16-6-7-17-14(21)15(3,4)5/h10-11H,6-9H2,1-5H3,(H,16,20)(H,17,21). The van der Waals surface area contributed by atoms with Crippen LogP contribution in [-0.4, -0.2) is 48.3 Å². The van der Waals surface area contributed by atoms with E-state index in [9.17, 15) is 14.4 Å². The number of nitrogens with zero attached hydrogens (tertiary/aromatic N) is 1. The molecule has 120 valence electrons. The van der Waals surface area contributed by atoms with Gasteiger partial charge >= 0.3 is 0 Å². The van der Waals surface area contributed by atoms with E-state index < -0.39 is 5.41 Å². The van der Waals surface area contributed by atoms with E-state index in [0.29, 0.717) is 19.6 Å². The van der Waals surface area contributed by atoms with Crippen molar-refractivity contribution < 1.29 is 14.4 Å². The molecule has 1 aliphatic heterocycles. The fourth-order valence-corrected chi connectivity index (χ4v) is 2.18. The molecule has 3 amide bonds. The number of likely N-dealkylation sites (tertiary alicyclic amines) is 1. The second-order valence-electron chi connectivity index (χ2n) is 6.84. The van der Waals surface area contributed by atoms with Crippen molar-refractivity contribution >= 4 is 17.7 Å². The van der Waals surface area contributed by atoms with Crippen LogP contribution in [-0.2, 0) is 14.4 Å². The number of carbonyl (C=O) groups is 3. The van der Waals surface area contributed by atoms with Gasteiger partial charge in [0.05, 0.1) is 5.92 Å². The molecule has 6 heteroatoms. The van der Waals surface area contributed by atoms with Crippen molar-refractivity contribution in [3.63, 3.8) is 0 Å². The van der Waals surface area contributed by atoms with E-state index in [2.05, 4.69) is 10.6 Å². The SMILES string of the molecule is CC(C)N1CC(C(=O)NCCNC(=O)C(C)(C)C)CC1=O. The maximum absolute atomic E-state index is 12.0. The van der Waals surface area contributed by atoms with Gasteiger partial charge in [-0.05, 0) is 13.8 Å². The van der Waals surface area contributed by atoms with Gasteiger partial charge in [-0.3, -0.25) is 14.4 Å². The van der Waals surface area contributed by atoms with E-state index in [1.807, 2.05) is 34.6 Å². The maximum Gasteiger partial charge on any atom is 0.225 e. The summed E-state index contributed by atoms with van der Waals surface area (Å²) in [6.07, 6.45) is 0.276. The molecule has 0 aromatic heterocycles. The van der Waals surface area contributed by atoms with Crippen LogP contribution < -0.4 is 10.6 Å². The summed E-state index contributed by atoms with van der Waals surface area (Å²) in [5.74, 6) is -0.403. The molecule has 0 aromatic carbocycles. The molecular formula is C15H27N3O3. The lowest BCUT2D eigenvalue weighted by molar-refractivity contribution is -0.129. The molecule has 0 spiro atoms. The van der Waals surface area contributed by atoms with Crippen molar-refractivity contribution in [2.24, 2.45) is 11.3 Å². The predicted octanol–water partition coefficient (Wildman–Crippen LogP) is 0.522. The number of carbonyl (C=O) groups excluding carboxylic acids is 3. The number of rotatable bonds is 5. The average Bonchev–Trinajstić information content (AvgIpc) is 2.75. The predicted molar refractivity (Wildman–Crippen MR) is 80.4 cm³/mol. The smallest absolute Gasteiger partial charge is 0.225 e. The van der Waals surface area contributed by atoms with Crippen LogP contribution in [0, 0.1) is 11.3 Å². The first-order valence-electron chi connectivity index (χ1n) is 7.48. The van der Waals surface area contributed by atoms with Crippen LogP contribution in [0.3, 0.4) is 0 Å². The van der Waals surface area contributed by atoms with Gasteiger partial charge in [0.2, 0.25) is 17.7 Å². The highest BCUT2D eigenvalue weighted by Gasteiger charge is 2.35. The Bertz CT molecular complexity index is 413. The molecule has 2 N–H and O–H groups in total. The minimum absolute atomic E-state index is 0.0335. The Morgan fingerprint density at radius 3 is 2.29 bits per heavy atom. The van der Waals surface area contributed by atoms with E-state index in [4.69, 9.17) is 0 Å². The molecule has 0 aliphatic carbocycles. The van der Waals surface area contributed by atoms with Crippen LogP contribution in [0.15, 0.2) is 0 Å². The highest BCUT2D eigenvalue weighted by atomic mass is 16.2. The molecule has 1 rings (SSSR count). The Balaban J connectivity index is 2.30. The molecule has 1 unspecified atom stereocenters. The summed E-state index contributed by atoms with van der Waals surface area (Å²) >= 11 is 0. The average molecular weight is 297 g/mol. The first-order valence-corrected chi connectivity index (χ1v) is 7.48. The van der Waals surface area contributed by atoms with Crippen LogP contribution in [0.2, 0.25) is 0 Å². The van der Waals surface area contributed by atoms with Crippen molar-refractivity contribution in [3.05, 3.63) is 0 Å². The third-order valence-corrected chi connectivity index (χ3v) is 3.54. The minimum Gasteiger partial charge on any atom is -0.354 e. The monoisotopic (exact) mass is 297 g/mol. The molecule has 0 aromatic rings. The van der Waals surface area contributed by atoms with Gasteiger partial charge in [0.25, 0.3) is 0 Å². The second kappa shape index (κ2) is 6.91. The van der Waals surface area contributed by atoms with Gasteiger partial charge in [-0.2, -0.15) is 0 Å². The van der Waals surface area contributed by atoms with Crippen LogP contribution >= 0.6 is 0 Å². The van der Waals surface area contributed by atoms with Crippen LogP contribution in [0.25, 0.3) is 0 Å². The number of nitrogens with one attached hydrogen (secondary N) is 2. The number of hydrogen-bond donors (Lipinski definition) is 2. The third-order valence-electron chi connectivity index (χ3n) is 3.54. The Labute approximate surface area is 126 Å². The summed E-state index contributed by atoms with van der Waals surface area (Å²) < 4.78 is 0. The van der Waals surface area contributed by atoms with E-state index in [0.717, 1.165) is 0 Å². The molecular weight excluding hydrogens is 270 g/mol. The normalized spacial score (nSPS) is 19.0.